The molecule has 0 radical (unpaired) electrons. The fraction of sp³-hybridized carbons (Fsp3) is 0.333. The largest absolute Gasteiger partial charge is 0.444 e. The van der Waals surface area contributed by atoms with Crippen molar-refractivity contribution in [3.63, 3.8) is 0 Å². The number of anilines is 1. The van der Waals surface area contributed by atoms with Gasteiger partial charge < -0.3 is 20.7 Å². The van der Waals surface area contributed by atoms with Gasteiger partial charge in [-0.2, -0.15) is 0 Å². The van der Waals surface area contributed by atoms with Crippen molar-refractivity contribution < 1.29 is 19.1 Å². The molecule has 2 rings (SSSR count). The van der Waals surface area contributed by atoms with Crippen molar-refractivity contribution in [1.82, 2.24) is 15.2 Å². The number of aromatic nitrogens is 1. The number of ketones is 1. The van der Waals surface area contributed by atoms with E-state index < -0.39 is 17.6 Å². The summed E-state index contributed by atoms with van der Waals surface area (Å²) in [6.45, 7) is 5.58. The van der Waals surface area contributed by atoms with Gasteiger partial charge in [-0.15, -0.1) is 0 Å². The van der Waals surface area contributed by atoms with E-state index in [0.717, 1.165) is 5.56 Å². The molecule has 2 aromatic rings. The Hall–Kier alpha value is -2.94. The maximum absolute atomic E-state index is 12.4. The smallest absolute Gasteiger partial charge is 0.410 e. The zero-order valence-corrected chi connectivity index (χ0v) is 18.9. The number of hydrogen-bond acceptors (Lipinski definition) is 6. The molecule has 1 aromatic carbocycles. The summed E-state index contributed by atoms with van der Waals surface area (Å²) in [7, 11) is 1.64. The third kappa shape index (κ3) is 6.84. The number of halogens is 1. The van der Waals surface area contributed by atoms with Gasteiger partial charge in [0.15, 0.2) is 5.78 Å². The number of ether oxygens (including phenoxy) is 1. The Morgan fingerprint density at radius 1 is 1.20 bits per heavy atom. The van der Waals surface area contributed by atoms with Crippen molar-refractivity contribution in [2.45, 2.75) is 32.9 Å². The maximum Gasteiger partial charge on any atom is 0.410 e. The van der Waals surface area contributed by atoms with Gasteiger partial charge in [-0.25, -0.2) is 9.78 Å². The normalized spacial score (nSPS) is 11.0. The summed E-state index contributed by atoms with van der Waals surface area (Å²) in [5.41, 5.74) is 6.62. The van der Waals surface area contributed by atoms with Crippen LogP contribution in [0.3, 0.4) is 0 Å². The summed E-state index contributed by atoms with van der Waals surface area (Å²) in [5, 5.41) is 2.55. The quantitative estimate of drug-likeness (QED) is 0.617. The average Bonchev–Trinajstić information content (AvgIpc) is 2.67. The topological polar surface area (TPSA) is 115 Å². The van der Waals surface area contributed by atoms with E-state index >= 15 is 0 Å². The first-order chi connectivity index (χ1) is 14.0. The van der Waals surface area contributed by atoms with Crippen molar-refractivity contribution in [3.05, 3.63) is 57.7 Å². The van der Waals surface area contributed by atoms with Crippen LogP contribution in [0.15, 0.2) is 41.0 Å². The molecule has 0 aliphatic heterocycles. The van der Waals surface area contributed by atoms with Gasteiger partial charge in [0.1, 0.15) is 11.4 Å². The lowest BCUT2D eigenvalue weighted by atomic mass is 10.1. The number of rotatable bonds is 6. The van der Waals surface area contributed by atoms with Gasteiger partial charge in [-0.1, -0.05) is 24.3 Å². The fourth-order valence-electron chi connectivity index (χ4n) is 2.46. The van der Waals surface area contributed by atoms with E-state index in [-0.39, 0.29) is 23.7 Å². The van der Waals surface area contributed by atoms with Gasteiger partial charge in [-0.3, -0.25) is 9.59 Å². The van der Waals surface area contributed by atoms with E-state index in [1.165, 1.54) is 17.2 Å². The van der Waals surface area contributed by atoms with Crippen LogP contribution in [0.2, 0.25) is 0 Å². The molecule has 0 aliphatic carbocycles. The molecular formula is C21H25BrN4O4. The third-order valence-electron chi connectivity index (χ3n) is 3.94. The second-order valence-electron chi connectivity index (χ2n) is 7.73. The number of nitrogens with two attached hydrogens (primary N) is 1. The maximum atomic E-state index is 12.4. The van der Waals surface area contributed by atoms with Crippen LogP contribution in [0, 0.1) is 0 Å². The van der Waals surface area contributed by atoms with E-state index in [9.17, 15) is 14.4 Å². The minimum absolute atomic E-state index is 0.0848. The molecule has 0 fully saturated rings. The zero-order valence-electron chi connectivity index (χ0n) is 17.4. The number of carbonyl (C=O) groups is 3. The Morgan fingerprint density at radius 2 is 1.83 bits per heavy atom. The van der Waals surface area contributed by atoms with E-state index in [0.29, 0.717) is 16.6 Å². The molecule has 0 saturated heterocycles. The van der Waals surface area contributed by atoms with Gasteiger partial charge in [0.05, 0.1) is 12.1 Å². The number of hydrogen-bond donors (Lipinski definition) is 2. The molecule has 160 valence electrons. The molecule has 0 aliphatic rings. The highest BCUT2D eigenvalue weighted by atomic mass is 79.9. The van der Waals surface area contributed by atoms with Gasteiger partial charge in [0, 0.05) is 29.8 Å². The highest BCUT2D eigenvalue weighted by Gasteiger charge is 2.20. The first-order valence-corrected chi connectivity index (χ1v) is 10.0. The highest BCUT2D eigenvalue weighted by molar-refractivity contribution is 9.10. The molecule has 0 atom stereocenters. The van der Waals surface area contributed by atoms with Crippen LogP contribution in [0.4, 0.5) is 10.6 Å². The van der Waals surface area contributed by atoms with Crippen LogP contribution in [-0.2, 0) is 11.3 Å². The zero-order chi connectivity index (χ0) is 22.5. The van der Waals surface area contributed by atoms with Crippen LogP contribution >= 0.6 is 15.9 Å². The van der Waals surface area contributed by atoms with Gasteiger partial charge in [-0.05, 0) is 48.3 Å². The highest BCUT2D eigenvalue weighted by Crippen LogP contribution is 2.16. The molecule has 9 heteroatoms. The lowest BCUT2D eigenvalue weighted by Crippen LogP contribution is -2.33. The summed E-state index contributed by atoms with van der Waals surface area (Å²) in [6, 6.07) is 8.36. The van der Waals surface area contributed by atoms with E-state index in [1.807, 2.05) is 0 Å². The monoisotopic (exact) mass is 476 g/mol. The molecule has 3 N–H and O–H groups in total. The number of Topliss-reactive ketones (excluding diaryl/α,β-unsaturated/α-hetero) is 1. The van der Waals surface area contributed by atoms with Gasteiger partial charge in [0.2, 0.25) is 0 Å². The number of benzene rings is 1. The molecule has 2 amide bonds. The summed E-state index contributed by atoms with van der Waals surface area (Å²) in [4.78, 5) is 42.0. The van der Waals surface area contributed by atoms with E-state index in [1.54, 1.807) is 52.1 Å². The van der Waals surface area contributed by atoms with Crippen LogP contribution in [0.5, 0.6) is 0 Å². The molecule has 30 heavy (non-hydrogen) atoms. The average molecular weight is 477 g/mol. The number of nitrogen functional groups attached to an aromatic ring is 1. The first-order valence-electron chi connectivity index (χ1n) is 9.22. The molecule has 8 nitrogen and oxygen atoms in total. The lowest BCUT2D eigenvalue weighted by Gasteiger charge is -2.24. The van der Waals surface area contributed by atoms with Crippen LogP contribution in [0.25, 0.3) is 0 Å². The second-order valence-corrected chi connectivity index (χ2v) is 8.64. The van der Waals surface area contributed by atoms with Crippen LogP contribution in [-0.4, -0.2) is 46.9 Å². The van der Waals surface area contributed by atoms with Gasteiger partial charge >= 0.3 is 6.09 Å². The third-order valence-corrected chi connectivity index (χ3v) is 4.37. The standard InChI is InChI=1S/C21H25BrN4O4/c1-21(2,3)30-20(29)26(4)12-13-5-7-14(8-6-13)17(27)11-25-19(28)16-9-15(22)10-24-18(16)23/h5-10H,11-12H2,1-4H3,(H2,23,24)(H,25,28). The van der Waals surface area contributed by atoms with Gasteiger partial charge in [0.25, 0.3) is 5.91 Å². The Kier molecular flexibility index (Phi) is 7.55. The molecule has 0 saturated carbocycles. The van der Waals surface area contributed by atoms with E-state index in [4.69, 9.17) is 10.5 Å². The Labute approximate surface area is 183 Å². The molecule has 0 unspecified atom stereocenters. The Morgan fingerprint density at radius 3 is 2.43 bits per heavy atom. The van der Waals surface area contributed by atoms with Crippen molar-refractivity contribution in [2.75, 3.05) is 19.3 Å². The van der Waals surface area contributed by atoms with E-state index in [2.05, 4.69) is 26.2 Å². The summed E-state index contributed by atoms with van der Waals surface area (Å²) >= 11 is 3.23. The molecule has 1 heterocycles. The minimum Gasteiger partial charge on any atom is -0.444 e. The number of nitrogens with one attached hydrogen (secondary N) is 1. The van der Waals surface area contributed by atoms with Crippen LogP contribution < -0.4 is 11.1 Å². The Balaban J connectivity index is 1.92. The second kappa shape index (κ2) is 9.71. The molecule has 0 bridgehead atoms. The number of amides is 2. The number of nitrogens with zero attached hydrogens (tertiary/aromatic N) is 2. The SMILES string of the molecule is CN(Cc1ccc(C(=O)CNC(=O)c2cc(Br)cnc2N)cc1)C(=O)OC(C)(C)C. The Bertz CT molecular complexity index is 939. The van der Waals surface area contributed by atoms with Crippen molar-refractivity contribution in [3.8, 4) is 0 Å². The van der Waals surface area contributed by atoms with Crippen molar-refractivity contribution >= 4 is 39.5 Å². The molecular weight excluding hydrogens is 452 g/mol. The number of carbonyl (C=O) groups excluding carboxylic acids is 3. The minimum atomic E-state index is -0.567. The summed E-state index contributed by atoms with van der Waals surface area (Å²) < 4.78 is 5.93. The summed E-state index contributed by atoms with van der Waals surface area (Å²) in [5.74, 6) is -0.649. The predicted molar refractivity (Wildman–Crippen MR) is 117 cm³/mol. The van der Waals surface area contributed by atoms with Crippen molar-refractivity contribution in [1.29, 1.82) is 0 Å². The fourth-order valence-corrected chi connectivity index (χ4v) is 2.80. The van der Waals surface area contributed by atoms with Crippen LogP contribution in [0.1, 0.15) is 47.1 Å². The van der Waals surface area contributed by atoms with Crippen molar-refractivity contribution in [2.24, 2.45) is 0 Å². The number of pyridine rings is 1. The predicted octanol–water partition coefficient (Wildman–Crippen LogP) is 3.41. The molecule has 0 spiro atoms. The summed E-state index contributed by atoms with van der Waals surface area (Å²) in [6.07, 6.45) is 1.06. The first kappa shape index (κ1) is 23.3. The molecule has 1 aromatic heterocycles. The lowest BCUT2D eigenvalue weighted by molar-refractivity contribution is 0.0285.